The Morgan fingerprint density at radius 3 is 2.59 bits per heavy atom. The average molecular weight is 305 g/mol. The maximum absolute atomic E-state index is 5.90. The van der Waals surface area contributed by atoms with Gasteiger partial charge in [0.2, 0.25) is 0 Å². The van der Waals surface area contributed by atoms with E-state index in [1.54, 1.807) is 0 Å². The highest BCUT2D eigenvalue weighted by Gasteiger charge is 2.17. The molecule has 1 fully saturated rings. The zero-order chi connectivity index (χ0) is 15.8. The summed E-state index contributed by atoms with van der Waals surface area (Å²) < 4.78 is 5.90. The van der Waals surface area contributed by atoms with Crippen molar-refractivity contribution in [2.24, 2.45) is 0 Å². The first-order chi connectivity index (χ1) is 10.7. The van der Waals surface area contributed by atoms with Crippen LogP contribution >= 0.6 is 0 Å². The lowest BCUT2D eigenvalue weighted by molar-refractivity contribution is 0.307. The van der Waals surface area contributed by atoms with Gasteiger partial charge in [-0.3, -0.25) is 0 Å². The van der Waals surface area contributed by atoms with Crippen molar-refractivity contribution in [1.29, 1.82) is 0 Å². The summed E-state index contributed by atoms with van der Waals surface area (Å²) in [7, 11) is 2.19. The first-order valence-corrected chi connectivity index (χ1v) is 8.64. The van der Waals surface area contributed by atoms with Gasteiger partial charge in [0.1, 0.15) is 5.75 Å². The van der Waals surface area contributed by atoms with Gasteiger partial charge in [-0.05, 0) is 44.6 Å². The lowest BCUT2D eigenvalue weighted by Crippen LogP contribution is -2.44. The number of unbranched alkanes of at least 4 members (excludes halogenated alkanes) is 1. The van der Waals surface area contributed by atoms with Crippen molar-refractivity contribution >= 4 is 5.69 Å². The third kappa shape index (κ3) is 4.89. The van der Waals surface area contributed by atoms with Gasteiger partial charge >= 0.3 is 0 Å². The number of nitrogens with zero attached hydrogens (tertiary/aromatic N) is 2. The summed E-state index contributed by atoms with van der Waals surface area (Å²) in [5.41, 5.74) is 2.55. The smallest absolute Gasteiger partial charge is 0.142 e. The van der Waals surface area contributed by atoms with Crippen LogP contribution in [-0.2, 0) is 6.54 Å². The van der Waals surface area contributed by atoms with Crippen LogP contribution < -0.4 is 15.0 Å². The van der Waals surface area contributed by atoms with E-state index in [4.69, 9.17) is 4.74 Å². The van der Waals surface area contributed by atoms with Crippen LogP contribution in [-0.4, -0.2) is 51.3 Å². The SMILES string of the molecule is CCCCNCc1ccc(N2CCN(C)CC2)c(OCC)c1. The van der Waals surface area contributed by atoms with Crippen molar-refractivity contribution in [1.82, 2.24) is 10.2 Å². The average Bonchev–Trinajstić information content (AvgIpc) is 2.53. The Hall–Kier alpha value is -1.26. The molecular weight excluding hydrogens is 274 g/mol. The molecule has 0 aromatic heterocycles. The molecule has 0 radical (unpaired) electrons. The van der Waals surface area contributed by atoms with Crippen LogP contribution in [0.4, 0.5) is 5.69 Å². The van der Waals surface area contributed by atoms with E-state index in [9.17, 15) is 0 Å². The van der Waals surface area contributed by atoms with Crippen molar-refractivity contribution in [3.63, 3.8) is 0 Å². The Labute approximate surface area is 135 Å². The maximum Gasteiger partial charge on any atom is 0.142 e. The van der Waals surface area contributed by atoms with E-state index in [1.807, 2.05) is 0 Å². The van der Waals surface area contributed by atoms with E-state index < -0.39 is 0 Å². The van der Waals surface area contributed by atoms with Gasteiger partial charge < -0.3 is 19.9 Å². The Kier molecular flexibility index (Phi) is 7.00. The number of piperazine rings is 1. The highest BCUT2D eigenvalue weighted by atomic mass is 16.5. The molecule has 1 aromatic carbocycles. The Morgan fingerprint density at radius 1 is 1.14 bits per heavy atom. The quantitative estimate of drug-likeness (QED) is 0.748. The summed E-state index contributed by atoms with van der Waals surface area (Å²) in [6.07, 6.45) is 2.47. The molecule has 1 heterocycles. The number of likely N-dealkylation sites (N-methyl/N-ethyl adjacent to an activating group) is 1. The number of anilines is 1. The highest BCUT2D eigenvalue weighted by Crippen LogP contribution is 2.30. The number of nitrogens with one attached hydrogen (secondary N) is 1. The number of ether oxygens (including phenoxy) is 1. The summed E-state index contributed by atoms with van der Waals surface area (Å²) >= 11 is 0. The van der Waals surface area contributed by atoms with Gasteiger partial charge in [-0.15, -0.1) is 0 Å². The zero-order valence-corrected chi connectivity index (χ0v) is 14.4. The molecule has 0 saturated carbocycles. The van der Waals surface area contributed by atoms with Crippen LogP contribution in [0.1, 0.15) is 32.3 Å². The second kappa shape index (κ2) is 9.01. The molecular formula is C18H31N3O. The number of hydrogen-bond acceptors (Lipinski definition) is 4. The molecule has 0 atom stereocenters. The van der Waals surface area contributed by atoms with Crippen LogP contribution in [0.5, 0.6) is 5.75 Å². The molecule has 1 aliphatic rings. The third-order valence-electron chi connectivity index (χ3n) is 4.20. The van der Waals surface area contributed by atoms with Crippen molar-refractivity contribution < 1.29 is 4.74 Å². The van der Waals surface area contributed by atoms with Gasteiger partial charge in [-0.2, -0.15) is 0 Å². The van der Waals surface area contributed by atoms with Crippen molar-refractivity contribution in [3.05, 3.63) is 23.8 Å². The predicted octanol–water partition coefficient (Wildman–Crippen LogP) is 2.73. The van der Waals surface area contributed by atoms with Crippen LogP contribution in [0.3, 0.4) is 0 Å². The second-order valence-electron chi connectivity index (χ2n) is 6.06. The molecule has 22 heavy (non-hydrogen) atoms. The summed E-state index contributed by atoms with van der Waals surface area (Å²) in [6, 6.07) is 6.67. The predicted molar refractivity (Wildman–Crippen MR) is 93.9 cm³/mol. The van der Waals surface area contributed by atoms with E-state index in [-0.39, 0.29) is 0 Å². The van der Waals surface area contributed by atoms with Gasteiger partial charge in [-0.1, -0.05) is 19.4 Å². The molecule has 1 aromatic rings. The minimum absolute atomic E-state index is 0.716. The first kappa shape index (κ1) is 17.1. The van der Waals surface area contributed by atoms with E-state index in [0.29, 0.717) is 6.61 Å². The Bertz CT molecular complexity index is 442. The Balaban J connectivity index is 2.03. The fraction of sp³-hybridized carbons (Fsp3) is 0.667. The normalized spacial score (nSPS) is 16.0. The molecule has 0 spiro atoms. The molecule has 0 unspecified atom stereocenters. The molecule has 0 amide bonds. The van der Waals surface area contributed by atoms with E-state index >= 15 is 0 Å². The number of rotatable bonds is 8. The minimum Gasteiger partial charge on any atom is -0.492 e. The second-order valence-corrected chi connectivity index (χ2v) is 6.06. The maximum atomic E-state index is 5.90. The van der Waals surface area contributed by atoms with Gasteiger partial charge in [0.15, 0.2) is 0 Å². The molecule has 1 aliphatic heterocycles. The molecule has 0 aliphatic carbocycles. The monoisotopic (exact) mass is 305 g/mol. The fourth-order valence-corrected chi connectivity index (χ4v) is 2.78. The van der Waals surface area contributed by atoms with Crippen LogP contribution in [0.2, 0.25) is 0 Å². The number of benzene rings is 1. The fourth-order valence-electron chi connectivity index (χ4n) is 2.78. The van der Waals surface area contributed by atoms with Crippen molar-refractivity contribution in [3.8, 4) is 5.75 Å². The van der Waals surface area contributed by atoms with Crippen LogP contribution in [0, 0.1) is 0 Å². The minimum atomic E-state index is 0.716. The van der Waals surface area contributed by atoms with Crippen LogP contribution in [0.15, 0.2) is 18.2 Å². The topological polar surface area (TPSA) is 27.7 Å². The van der Waals surface area contributed by atoms with Gasteiger partial charge in [0.25, 0.3) is 0 Å². The third-order valence-corrected chi connectivity index (χ3v) is 4.20. The van der Waals surface area contributed by atoms with Gasteiger partial charge in [-0.25, -0.2) is 0 Å². The van der Waals surface area contributed by atoms with E-state index in [2.05, 4.69) is 54.2 Å². The molecule has 4 heteroatoms. The molecule has 2 rings (SSSR count). The summed E-state index contributed by atoms with van der Waals surface area (Å²) in [4.78, 5) is 4.82. The zero-order valence-electron chi connectivity index (χ0n) is 14.4. The van der Waals surface area contributed by atoms with Gasteiger partial charge in [0, 0.05) is 32.7 Å². The van der Waals surface area contributed by atoms with E-state index in [0.717, 1.165) is 45.0 Å². The molecule has 1 saturated heterocycles. The van der Waals surface area contributed by atoms with Crippen molar-refractivity contribution in [2.45, 2.75) is 33.2 Å². The number of hydrogen-bond donors (Lipinski definition) is 1. The summed E-state index contributed by atoms with van der Waals surface area (Å²) in [5, 5.41) is 3.50. The van der Waals surface area contributed by atoms with E-state index in [1.165, 1.54) is 24.1 Å². The molecule has 4 nitrogen and oxygen atoms in total. The summed E-state index contributed by atoms with van der Waals surface area (Å²) in [5.74, 6) is 1.03. The first-order valence-electron chi connectivity index (χ1n) is 8.64. The van der Waals surface area contributed by atoms with Crippen molar-refractivity contribution in [2.75, 3.05) is 51.3 Å². The highest BCUT2D eigenvalue weighted by molar-refractivity contribution is 5.60. The lowest BCUT2D eigenvalue weighted by Gasteiger charge is -2.35. The summed E-state index contributed by atoms with van der Waals surface area (Å²) in [6.45, 7) is 11.4. The molecule has 0 bridgehead atoms. The standard InChI is InChI=1S/C18H31N3O/c1-4-6-9-19-15-16-7-8-17(18(14-16)22-5-2)21-12-10-20(3)11-13-21/h7-8,14,19H,4-6,9-13,15H2,1-3H3. The molecule has 124 valence electrons. The Morgan fingerprint density at radius 2 is 1.91 bits per heavy atom. The largest absolute Gasteiger partial charge is 0.492 e. The lowest BCUT2D eigenvalue weighted by atomic mass is 10.1. The van der Waals surface area contributed by atoms with Gasteiger partial charge in [0.05, 0.1) is 12.3 Å². The van der Waals surface area contributed by atoms with Crippen LogP contribution in [0.25, 0.3) is 0 Å². The molecule has 1 N–H and O–H groups in total.